The smallest absolute Gasteiger partial charge is 0.0700 e. The lowest BCUT2D eigenvalue weighted by molar-refractivity contribution is 0.0864. The number of rotatable bonds is 22. The van der Waals surface area contributed by atoms with Crippen LogP contribution in [0.25, 0.3) is 0 Å². The maximum Gasteiger partial charge on any atom is 0.0700 e. The van der Waals surface area contributed by atoms with Gasteiger partial charge in [0.1, 0.15) is 0 Å². The van der Waals surface area contributed by atoms with Crippen LogP contribution in [-0.4, -0.2) is 103 Å². The molecule has 2 heterocycles. The molecule has 2 saturated carbocycles. The Labute approximate surface area is 459 Å². The molecule has 0 radical (unpaired) electrons. The van der Waals surface area contributed by atoms with Gasteiger partial charge in [0.25, 0.3) is 0 Å². The van der Waals surface area contributed by atoms with Gasteiger partial charge in [-0.05, 0) is 115 Å². The maximum atomic E-state index is 5.44. The molecule has 6 rings (SSSR count). The normalized spacial score (nSPS) is 15.7. The molecule has 1 atom stereocenters. The van der Waals surface area contributed by atoms with Crippen LogP contribution in [0.2, 0.25) is 0 Å². The van der Waals surface area contributed by atoms with E-state index in [0.717, 1.165) is 57.0 Å². The molecule has 2 aliphatic carbocycles. The Morgan fingerprint density at radius 2 is 1.00 bits per heavy atom. The number of aromatic nitrogens is 1. The molecule has 3 aliphatic rings. The van der Waals surface area contributed by atoms with Gasteiger partial charge in [-0.15, -0.1) is 0 Å². The van der Waals surface area contributed by atoms with Crippen LogP contribution in [0.4, 0.5) is 0 Å². The van der Waals surface area contributed by atoms with Crippen molar-refractivity contribution in [3.63, 3.8) is 0 Å². The van der Waals surface area contributed by atoms with Gasteiger partial charge >= 0.3 is 0 Å². The molecule has 428 valence electrons. The first-order valence-corrected chi connectivity index (χ1v) is 30.1. The summed E-state index contributed by atoms with van der Waals surface area (Å²) in [5.74, 6) is 0. The van der Waals surface area contributed by atoms with E-state index in [1.807, 2.05) is 30.5 Å². The second-order valence-corrected chi connectivity index (χ2v) is 23.1. The SMILES string of the molecule is CC(C)N(C(C)C)C1CCCCC1.CC(C)NC1CCCC1.CC(C)NCC1CCCO1.CC(C)NCCc1ccccc1.CC(C)NCc1ccccc1.CC(C)NCc1ccccn1.CCCCNC(C)C. The fourth-order valence-electron chi connectivity index (χ4n) is 9.00. The number of nitrogens with zero attached hydrogens (tertiary/aromatic N) is 2. The standard InChI is InChI=1S/C12H25N.C11H17N.C10H15N.C9H14N2.C8H17NO.C8H17N.C7H17N/c1-10(2)13(11(3)4)12-8-6-5-7-9-12;1-10(2)12-9-8-11-6-4-3-5-7-11;1-9(2)11-8-10-6-4-3-5-7-10;1-8(2)11-7-9-5-3-4-6-10-9;1-7(2)9-6-8-4-3-5-10-8;1-7(2)9-8-5-3-4-6-8;1-4-5-6-8-7(2)3/h10-12H,5-9H2,1-4H3;3-7,10,12H,8-9H2,1-2H3;3-7,9,11H,8H2,1-2H3;3-6,8,11H,7H2,1-2H3;7-9H,3-6H2,1-2H3;7-9H,3-6H2,1-2H3;7-8H,4-6H2,1-3H3. The molecule has 74 heavy (non-hydrogen) atoms. The summed E-state index contributed by atoms with van der Waals surface area (Å²) in [6, 6.07) is 33.7. The van der Waals surface area contributed by atoms with Gasteiger partial charge in [-0.1, -0.05) is 195 Å². The number of pyridine rings is 1. The molecule has 3 fully saturated rings. The zero-order valence-corrected chi connectivity index (χ0v) is 51.4. The Morgan fingerprint density at radius 1 is 0.500 bits per heavy atom. The summed E-state index contributed by atoms with van der Waals surface area (Å²) in [5, 5.41) is 20.3. The van der Waals surface area contributed by atoms with Crippen molar-refractivity contribution in [3.05, 3.63) is 102 Å². The largest absolute Gasteiger partial charge is 0.377 e. The first kappa shape index (κ1) is 71.3. The van der Waals surface area contributed by atoms with Crippen molar-refractivity contribution >= 4 is 0 Å². The van der Waals surface area contributed by atoms with E-state index in [-0.39, 0.29) is 0 Å². The Hall–Kier alpha value is -2.73. The summed E-state index contributed by atoms with van der Waals surface area (Å²) in [6.07, 6.45) is 21.4. The summed E-state index contributed by atoms with van der Waals surface area (Å²) in [4.78, 5) is 6.88. The molecule has 1 unspecified atom stereocenters. The topological polar surface area (TPSA) is 97.5 Å². The van der Waals surface area contributed by atoms with Crippen LogP contribution >= 0.6 is 0 Å². The first-order valence-electron chi connectivity index (χ1n) is 30.1. The summed E-state index contributed by atoms with van der Waals surface area (Å²) in [5.41, 5.74) is 3.85. The number of hydrogen-bond donors (Lipinski definition) is 6. The summed E-state index contributed by atoms with van der Waals surface area (Å²) in [7, 11) is 0. The molecule has 9 heteroatoms. The first-order chi connectivity index (χ1) is 35.3. The lowest BCUT2D eigenvalue weighted by Crippen LogP contribution is -2.45. The number of ether oxygens (including phenoxy) is 1. The van der Waals surface area contributed by atoms with E-state index in [1.165, 1.54) is 101 Å². The van der Waals surface area contributed by atoms with E-state index < -0.39 is 0 Å². The van der Waals surface area contributed by atoms with Crippen molar-refractivity contribution in [1.82, 2.24) is 41.8 Å². The van der Waals surface area contributed by atoms with Gasteiger partial charge in [0.05, 0.1) is 11.8 Å². The zero-order valence-electron chi connectivity index (χ0n) is 51.4. The van der Waals surface area contributed by atoms with E-state index >= 15 is 0 Å². The third kappa shape index (κ3) is 44.4. The van der Waals surface area contributed by atoms with Gasteiger partial charge in [0.15, 0.2) is 0 Å². The predicted molar refractivity (Wildman–Crippen MR) is 328 cm³/mol. The number of unbranched alkanes of at least 4 members (excludes halogenated alkanes) is 1. The van der Waals surface area contributed by atoms with Crippen LogP contribution in [0.15, 0.2) is 85.1 Å². The Kier molecular flexibility index (Phi) is 45.7. The van der Waals surface area contributed by atoms with Gasteiger partial charge in [-0.2, -0.15) is 0 Å². The third-order valence-electron chi connectivity index (χ3n) is 12.8. The van der Waals surface area contributed by atoms with Crippen LogP contribution in [-0.2, 0) is 24.2 Å². The highest BCUT2D eigenvalue weighted by molar-refractivity contribution is 5.15. The minimum Gasteiger partial charge on any atom is -0.377 e. The second-order valence-electron chi connectivity index (χ2n) is 23.1. The highest BCUT2D eigenvalue weighted by Crippen LogP contribution is 2.25. The van der Waals surface area contributed by atoms with Crippen molar-refractivity contribution in [1.29, 1.82) is 0 Å². The molecule has 1 aromatic heterocycles. The molecule has 9 nitrogen and oxygen atoms in total. The third-order valence-corrected chi connectivity index (χ3v) is 12.8. The van der Waals surface area contributed by atoms with E-state index in [0.29, 0.717) is 54.4 Å². The van der Waals surface area contributed by atoms with Crippen molar-refractivity contribution in [2.45, 2.75) is 287 Å². The van der Waals surface area contributed by atoms with Crippen molar-refractivity contribution in [2.75, 3.05) is 26.2 Å². The van der Waals surface area contributed by atoms with Crippen LogP contribution in [0.5, 0.6) is 0 Å². The molecular weight excluding hydrogens is 909 g/mol. The van der Waals surface area contributed by atoms with Crippen LogP contribution in [0.1, 0.15) is 218 Å². The minimum absolute atomic E-state index is 0.488. The molecule has 0 spiro atoms. The van der Waals surface area contributed by atoms with Gasteiger partial charge in [0, 0.05) is 92.9 Å². The fraction of sp³-hybridized carbons (Fsp3) is 0.738. The van der Waals surface area contributed by atoms with Crippen molar-refractivity contribution in [3.8, 4) is 0 Å². The van der Waals surface area contributed by atoms with Gasteiger partial charge in [-0.3, -0.25) is 9.88 Å². The molecule has 6 N–H and O–H groups in total. The fourth-order valence-corrected chi connectivity index (χ4v) is 9.00. The Balaban J connectivity index is 0.000000844. The highest BCUT2D eigenvalue weighted by Gasteiger charge is 2.25. The second kappa shape index (κ2) is 47.5. The molecule has 1 saturated heterocycles. The molecule has 3 aromatic rings. The van der Waals surface area contributed by atoms with Gasteiger partial charge < -0.3 is 36.6 Å². The number of hydrogen-bond acceptors (Lipinski definition) is 9. The lowest BCUT2D eigenvalue weighted by Gasteiger charge is -2.40. The molecule has 1 aliphatic heterocycles. The van der Waals surface area contributed by atoms with Crippen LogP contribution < -0.4 is 31.9 Å². The molecule has 2 aromatic carbocycles. The highest BCUT2D eigenvalue weighted by atomic mass is 16.5. The summed E-state index contributed by atoms with van der Waals surface area (Å²) in [6.45, 7) is 43.6. The summed E-state index contributed by atoms with van der Waals surface area (Å²) < 4.78 is 5.44. The number of benzene rings is 2. The quantitative estimate of drug-likeness (QED) is 0.0550. The van der Waals surface area contributed by atoms with Crippen LogP contribution in [0, 0.1) is 0 Å². The molecule has 0 bridgehead atoms. The van der Waals surface area contributed by atoms with E-state index in [2.05, 4.69) is 214 Å². The maximum absolute atomic E-state index is 5.44. The van der Waals surface area contributed by atoms with E-state index in [1.54, 1.807) is 0 Å². The molecule has 0 amide bonds. The minimum atomic E-state index is 0.488. The summed E-state index contributed by atoms with van der Waals surface area (Å²) >= 11 is 0. The lowest BCUT2D eigenvalue weighted by atomic mass is 9.92. The van der Waals surface area contributed by atoms with Gasteiger partial charge in [0.2, 0.25) is 0 Å². The van der Waals surface area contributed by atoms with Crippen molar-refractivity contribution < 1.29 is 4.74 Å². The monoisotopic (exact) mass is 1030 g/mol. The average Bonchev–Trinajstić information content (AvgIpc) is 4.10. The van der Waals surface area contributed by atoms with Crippen molar-refractivity contribution in [2.24, 2.45) is 0 Å². The average molecular weight is 1030 g/mol. The van der Waals surface area contributed by atoms with E-state index in [9.17, 15) is 0 Å². The van der Waals surface area contributed by atoms with Crippen LogP contribution in [0.3, 0.4) is 0 Å². The Bertz CT molecular complexity index is 1510. The molecular formula is C65H122N8O. The Morgan fingerprint density at radius 3 is 1.46 bits per heavy atom. The predicted octanol–water partition coefficient (Wildman–Crippen LogP) is 14.3. The number of nitrogens with one attached hydrogen (secondary N) is 6. The zero-order chi connectivity index (χ0) is 55.4. The van der Waals surface area contributed by atoms with E-state index in [4.69, 9.17) is 4.74 Å². The van der Waals surface area contributed by atoms with Gasteiger partial charge in [-0.25, -0.2) is 0 Å².